The van der Waals surface area contributed by atoms with Crippen LogP contribution in [0.5, 0.6) is 5.75 Å². The third kappa shape index (κ3) is 7.08. The Morgan fingerprint density at radius 3 is 2.18 bits per heavy atom. The van der Waals surface area contributed by atoms with Gasteiger partial charge in [0.15, 0.2) is 0 Å². The van der Waals surface area contributed by atoms with Crippen molar-refractivity contribution in [2.75, 3.05) is 24.0 Å². The Labute approximate surface area is 202 Å². The zero-order valence-electron chi connectivity index (χ0n) is 19.7. The fourth-order valence-corrected chi connectivity index (χ4v) is 3.69. The van der Waals surface area contributed by atoms with E-state index in [-0.39, 0.29) is 17.5 Å². The van der Waals surface area contributed by atoms with Gasteiger partial charge in [-0.25, -0.2) is 0 Å². The van der Waals surface area contributed by atoms with Gasteiger partial charge in [-0.1, -0.05) is 24.3 Å². The van der Waals surface area contributed by atoms with Gasteiger partial charge in [-0.05, 0) is 56.0 Å². The molecule has 0 aliphatic carbocycles. The van der Waals surface area contributed by atoms with E-state index in [4.69, 9.17) is 4.74 Å². The van der Waals surface area contributed by atoms with E-state index in [0.717, 1.165) is 4.90 Å². The summed E-state index contributed by atoms with van der Waals surface area (Å²) < 4.78 is 5.03. The number of thioether (sulfide) groups is 1. The van der Waals surface area contributed by atoms with Crippen LogP contribution in [0.15, 0.2) is 65.6 Å². The average molecular weight is 482 g/mol. The number of hydrogen-bond donors (Lipinski definition) is 2. The van der Waals surface area contributed by atoms with Crippen molar-refractivity contribution in [3.63, 3.8) is 0 Å². The zero-order valence-corrected chi connectivity index (χ0v) is 20.5. The number of hydrogen-bond acceptors (Lipinski definition) is 6. The maximum Gasteiger partial charge on any atom is 0.273 e. The highest BCUT2D eigenvalue weighted by atomic mass is 32.2. The van der Waals surface area contributed by atoms with Crippen molar-refractivity contribution in [1.82, 2.24) is 0 Å². The number of rotatable bonds is 6. The van der Waals surface area contributed by atoms with Crippen molar-refractivity contribution < 1.29 is 19.2 Å². The minimum atomic E-state index is -0.463. The lowest BCUT2D eigenvalue weighted by Crippen LogP contribution is -2.15. The number of amides is 2. The van der Waals surface area contributed by atoms with Gasteiger partial charge < -0.3 is 15.4 Å². The number of aryl methyl sites for hydroxylation is 1. The van der Waals surface area contributed by atoms with Crippen molar-refractivity contribution in [2.24, 2.45) is 0 Å². The van der Waals surface area contributed by atoms with Gasteiger partial charge in [0.25, 0.3) is 11.6 Å². The highest BCUT2D eigenvalue weighted by Crippen LogP contribution is 2.28. The summed E-state index contributed by atoms with van der Waals surface area (Å²) in [5.74, 6) is 0.234. The first-order valence-corrected chi connectivity index (χ1v) is 11.5. The second-order valence-corrected chi connectivity index (χ2v) is 8.10. The topological polar surface area (TPSA) is 111 Å². The molecule has 0 aromatic heterocycles. The zero-order chi connectivity index (χ0) is 25.3. The molecule has 2 amide bonds. The molecule has 8 nitrogen and oxygen atoms in total. The first kappa shape index (κ1) is 26.4. The van der Waals surface area contributed by atoms with Crippen LogP contribution in [0.4, 0.5) is 17.1 Å². The molecule has 0 bridgehead atoms. The molecule has 34 heavy (non-hydrogen) atoms. The molecule has 0 atom stereocenters. The lowest BCUT2D eigenvalue weighted by Gasteiger charge is -2.11. The van der Waals surface area contributed by atoms with E-state index in [0.29, 0.717) is 33.8 Å². The third-order valence-corrected chi connectivity index (χ3v) is 5.53. The molecule has 0 aliphatic heterocycles. The third-order valence-electron chi connectivity index (χ3n) is 4.74. The standard InChI is InChI=1S/C16H16N2O3S.C9H11NO2/c1-10-8-12(11(2)14(9-10)18(20)21)16(19)17-13-6-4-5-7-15(13)22-3;1-7(11)10-8-5-3-4-6-9(8)12-2/h4-9H,1-3H3,(H,17,19);3-6H,1-2H3,(H,10,11). The molecule has 3 rings (SSSR count). The first-order valence-electron chi connectivity index (χ1n) is 10.3. The van der Waals surface area contributed by atoms with Crippen molar-refractivity contribution in [2.45, 2.75) is 25.7 Å². The first-order chi connectivity index (χ1) is 16.2. The van der Waals surface area contributed by atoms with Crippen LogP contribution >= 0.6 is 11.8 Å². The van der Waals surface area contributed by atoms with E-state index in [1.54, 1.807) is 39.2 Å². The summed E-state index contributed by atoms with van der Waals surface area (Å²) in [6.07, 6.45) is 1.92. The monoisotopic (exact) mass is 481 g/mol. The molecule has 9 heteroatoms. The molecule has 0 spiro atoms. The van der Waals surface area contributed by atoms with Crippen LogP contribution in [0.2, 0.25) is 0 Å². The molecule has 178 valence electrons. The number of methoxy groups -OCH3 is 1. The number of carbonyl (C=O) groups excluding carboxylic acids is 2. The number of anilines is 2. The molecule has 0 fully saturated rings. The fourth-order valence-electron chi connectivity index (χ4n) is 3.14. The minimum Gasteiger partial charge on any atom is -0.495 e. The van der Waals surface area contributed by atoms with Gasteiger partial charge in [-0.3, -0.25) is 19.7 Å². The van der Waals surface area contributed by atoms with E-state index in [1.165, 1.54) is 24.8 Å². The summed E-state index contributed by atoms with van der Waals surface area (Å²) in [6.45, 7) is 4.79. The van der Waals surface area contributed by atoms with Gasteiger partial charge in [-0.15, -0.1) is 11.8 Å². The second-order valence-electron chi connectivity index (χ2n) is 7.25. The van der Waals surface area contributed by atoms with E-state index in [1.807, 2.05) is 42.7 Å². The average Bonchev–Trinajstić information content (AvgIpc) is 2.81. The maximum absolute atomic E-state index is 12.5. The number of nitro groups is 1. The molecule has 0 saturated carbocycles. The molecule has 0 radical (unpaired) electrons. The SMILES string of the molecule is COc1ccccc1NC(C)=O.CSc1ccccc1NC(=O)c1cc(C)cc([N+](=O)[O-])c1C. The molecule has 0 unspecified atom stereocenters. The predicted molar refractivity (Wildman–Crippen MR) is 136 cm³/mol. The van der Waals surface area contributed by atoms with E-state index >= 15 is 0 Å². The maximum atomic E-state index is 12.5. The highest BCUT2D eigenvalue weighted by molar-refractivity contribution is 7.98. The summed E-state index contributed by atoms with van der Waals surface area (Å²) in [7, 11) is 1.57. The molecular weight excluding hydrogens is 454 g/mol. The van der Waals surface area contributed by atoms with E-state index in [2.05, 4.69) is 10.6 Å². The lowest BCUT2D eigenvalue weighted by atomic mass is 10.0. The summed E-state index contributed by atoms with van der Waals surface area (Å²) in [6, 6.07) is 17.9. The molecular formula is C25H27N3O5S. The molecule has 3 aromatic rings. The van der Waals surface area contributed by atoms with Crippen molar-refractivity contribution >= 4 is 40.6 Å². The van der Waals surface area contributed by atoms with Crippen molar-refractivity contribution in [3.8, 4) is 5.75 Å². The number of ether oxygens (including phenoxy) is 1. The van der Waals surface area contributed by atoms with Gasteiger partial charge >= 0.3 is 0 Å². The number of benzene rings is 3. The quantitative estimate of drug-likeness (QED) is 0.260. The molecule has 3 aromatic carbocycles. The van der Waals surface area contributed by atoms with E-state index < -0.39 is 4.92 Å². The predicted octanol–water partition coefficient (Wildman–Crippen LogP) is 5.84. The van der Waals surface area contributed by atoms with Crippen LogP contribution in [0, 0.1) is 24.0 Å². The van der Waals surface area contributed by atoms with E-state index in [9.17, 15) is 19.7 Å². The Balaban J connectivity index is 0.000000287. The lowest BCUT2D eigenvalue weighted by molar-refractivity contribution is -0.385. The highest BCUT2D eigenvalue weighted by Gasteiger charge is 2.20. The van der Waals surface area contributed by atoms with Gasteiger partial charge in [0.05, 0.1) is 23.4 Å². The van der Waals surface area contributed by atoms with Gasteiger partial charge in [-0.2, -0.15) is 0 Å². The summed E-state index contributed by atoms with van der Waals surface area (Å²) in [5, 5.41) is 16.6. The fraction of sp³-hybridized carbons (Fsp3) is 0.200. The second kappa shape index (κ2) is 12.4. The van der Waals surface area contributed by atoms with Crippen molar-refractivity contribution in [3.05, 3.63) is 87.5 Å². The number of nitrogens with one attached hydrogen (secondary N) is 2. The van der Waals surface area contributed by atoms with Crippen LogP contribution in [-0.4, -0.2) is 30.1 Å². The Bertz CT molecular complexity index is 1200. The Kier molecular flexibility index (Phi) is 9.63. The van der Waals surface area contributed by atoms with Crippen molar-refractivity contribution in [1.29, 1.82) is 0 Å². The van der Waals surface area contributed by atoms with Crippen LogP contribution in [0.25, 0.3) is 0 Å². The van der Waals surface area contributed by atoms with Crippen LogP contribution in [-0.2, 0) is 4.79 Å². The van der Waals surface area contributed by atoms with Crippen LogP contribution in [0.3, 0.4) is 0 Å². The Morgan fingerprint density at radius 1 is 0.971 bits per heavy atom. The van der Waals surface area contributed by atoms with Gasteiger partial charge in [0, 0.05) is 29.0 Å². The number of para-hydroxylation sites is 3. The largest absolute Gasteiger partial charge is 0.495 e. The smallest absolute Gasteiger partial charge is 0.273 e. The Morgan fingerprint density at radius 2 is 1.59 bits per heavy atom. The normalized spacial score (nSPS) is 9.91. The summed E-state index contributed by atoms with van der Waals surface area (Å²) in [4.78, 5) is 34.8. The van der Waals surface area contributed by atoms with Gasteiger partial charge in [0.2, 0.25) is 5.91 Å². The molecule has 2 N–H and O–H groups in total. The molecule has 0 saturated heterocycles. The van der Waals surface area contributed by atoms with Gasteiger partial charge in [0.1, 0.15) is 5.75 Å². The summed E-state index contributed by atoms with van der Waals surface area (Å²) in [5.41, 5.74) is 2.73. The number of nitro benzene ring substituents is 1. The number of carbonyl (C=O) groups is 2. The molecule has 0 heterocycles. The van der Waals surface area contributed by atoms with Crippen LogP contribution in [0.1, 0.15) is 28.4 Å². The molecule has 0 aliphatic rings. The van der Waals surface area contributed by atoms with Crippen LogP contribution < -0.4 is 15.4 Å². The summed E-state index contributed by atoms with van der Waals surface area (Å²) >= 11 is 1.53. The minimum absolute atomic E-state index is 0.0386. The Hall–Kier alpha value is -3.85. The number of nitrogens with zero attached hydrogens (tertiary/aromatic N) is 1.